The van der Waals surface area contributed by atoms with E-state index in [1.54, 1.807) is 0 Å². The molecule has 1 unspecified atom stereocenters. The van der Waals surface area contributed by atoms with Crippen molar-refractivity contribution in [2.45, 2.75) is 71.8 Å². The molecule has 1 saturated carbocycles. The molecule has 0 aromatic heterocycles. The van der Waals surface area contributed by atoms with Crippen molar-refractivity contribution in [3.8, 4) is 0 Å². The summed E-state index contributed by atoms with van der Waals surface area (Å²) in [6.45, 7) is 6.77. The lowest BCUT2D eigenvalue weighted by Gasteiger charge is -2.35. The molecule has 1 nitrogen and oxygen atoms in total. The fraction of sp³-hybridized carbons (Fsp3) is 0.700. The zero-order valence-corrected chi connectivity index (χ0v) is 14.4. The molecule has 1 N–H and O–H groups in total. The van der Waals surface area contributed by atoms with E-state index in [4.69, 9.17) is 0 Å². The monoisotopic (exact) mass is 287 g/mol. The highest BCUT2D eigenvalue weighted by atomic mass is 14.9. The van der Waals surface area contributed by atoms with E-state index < -0.39 is 0 Å². The van der Waals surface area contributed by atoms with Gasteiger partial charge in [-0.2, -0.15) is 0 Å². The second-order valence-corrected chi connectivity index (χ2v) is 7.05. The molecule has 1 aliphatic rings. The van der Waals surface area contributed by atoms with Crippen LogP contribution in [0.2, 0.25) is 0 Å². The summed E-state index contributed by atoms with van der Waals surface area (Å²) in [4.78, 5) is 0. The van der Waals surface area contributed by atoms with Gasteiger partial charge in [0, 0.05) is 6.04 Å². The summed E-state index contributed by atoms with van der Waals surface area (Å²) in [5, 5.41) is 3.61. The normalized spacial score (nSPS) is 24.0. The molecule has 0 saturated heterocycles. The highest BCUT2D eigenvalue weighted by molar-refractivity contribution is 5.33. The minimum Gasteiger partial charge on any atom is -0.313 e. The molecule has 1 atom stereocenters. The van der Waals surface area contributed by atoms with Gasteiger partial charge in [0.05, 0.1) is 0 Å². The van der Waals surface area contributed by atoms with Crippen LogP contribution in [0.15, 0.2) is 18.2 Å². The Morgan fingerprint density at radius 2 is 1.86 bits per heavy atom. The second kappa shape index (κ2) is 7.98. The van der Waals surface area contributed by atoms with Crippen LogP contribution in [-0.2, 0) is 0 Å². The first-order valence-electron chi connectivity index (χ1n) is 8.90. The first-order chi connectivity index (χ1) is 10.2. The van der Waals surface area contributed by atoms with Gasteiger partial charge in [0.1, 0.15) is 0 Å². The lowest BCUT2D eigenvalue weighted by Crippen LogP contribution is -2.29. The molecule has 0 amide bonds. The van der Waals surface area contributed by atoms with Crippen LogP contribution in [0, 0.1) is 25.7 Å². The van der Waals surface area contributed by atoms with Crippen LogP contribution in [0.5, 0.6) is 0 Å². The number of benzene rings is 1. The summed E-state index contributed by atoms with van der Waals surface area (Å²) < 4.78 is 0. The van der Waals surface area contributed by atoms with E-state index in [9.17, 15) is 0 Å². The fourth-order valence-electron chi connectivity index (χ4n) is 4.04. The third-order valence-corrected chi connectivity index (χ3v) is 5.41. The summed E-state index contributed by atoms with van der Waals surface area (Å²) in [6, 6.07) is 7.44. The number of unbranched alkanes of at least 4 members (excludes halogenated alkanes) is 1. The number of nitrogens with one attached hydrogen (secondary N) is 1. The number of rotatable bonds is 6. The van der Waals surface area contributed by atoms with Crippen molar-refractivity contribution in [3.05, 3.63) is 34.9 Å². The predicted octanol–water partition coefficient (Wildman–Crippen LogP) is 5.56. The zero-order chi connectivity index (χ0) is 15.2. The van der Waals surface area contributed by atoms with Gasteiger partial charge in [0.25, 0.3) is 0 Å². The third-order valence-electron chi connectivity index (χ3n) is 5.41. The van der Waals surface area contributed by atoms with Crippen molar-refractivity contribution in [2.24, 2.45) is 11.8 Å². The summed E-state index contributed by atoms with van der Waals surface area (Å²) in [5.74, 6) is 1.81. The van der Waals surface area contributed by atoms with Crippen LogP contribution in [0.1, 0.15) is 74.6 Å². The van der Waals surface area contributed by atoms with Crippen molar-refractivity contribution in [3.63, 3.8) is 0 Å². The summed E-state index contributed by atoms with van der Waals surface area (Å²) in [7, 11) is 2.13. The predicted molar refractivity (Wildman–Crippen MR) is 92.7 cm³/mol. The highest BCUT2D eigenvalue weighted by Crippen LogP contribution is 2.39. The van der Waals surface area contributed by atoms with Gasteiger partial charge in [-0.3, -0.25) is 0 Å². The van der Waals surface area contributed by atoms with Crippen molar-refractivity contribution in [1.29, 1.82) is 0 Å². The average molecular weight is 287 g/mol. The maximum absolute atomic E-state index is 3.61. The molecule has 118 valence electrons. The topological polar surface area (TPSA) is 12.0 Å². The Balaban J connectivity index is 2.01. The van der Waals surface area contributed by atoms with E-state index in [1.807, 2.05) is 0 Å². The molecule has 1 fully saturated rings. The molecular weight excluding hydrogens is 254 g/mol. The van der Waals surface area contributed by atoms with E-state index >= 15 is 0 Å². The summed E-state index contributed by atoms with van der Waals surface area (Å²) in [6.07, 6.45) is 9.89. The van der Waals surface area contributed by atoms with E-state index in [1.165, 1.54) is 61.6 Å². The van der Waals surface area contributed by atoms with Crippen LogP contribution in [0.4, 0.5) is 0 Å². The van der Waals surface area contributed by atoms with Gasteiger partial charge < -0.3 is 5.32 Å². The lowest BCUT2D eigenvalue weighted by molar-refractivity contribution is 0.217. The molecule has 0 bridgehead atoms. The van der Waals surface area contributed by atoms with Gasteiger partial charge in [-0.15, -0.1) is 0 Å². The molecule has 2 rings (SSSR count). The summed E-state index contributed by atoms with van der Waals surface area (Å²) in [5.41, 5.74) is 4.34. The van der Waals surface area contributed by atoms with Crippen molar-refractivity contribution < 1.29 is 0 Å². The molecule has 21 heavy (non-hydrogen) atoms. The van der Waals surface area contributed by atoms with Gasteiger partial charge in [-0.1, -0.05) is 62.8 Å². The molecule has 1 aliphatic carbocycles. The minimum absolute atomic E-state index is 0.539. The van der Waals surface area contributed by atoms with Crippen LogP contribution in [-0.4, -0.2) is 7.05 Å². The highest BCUT2D eigenvalue weighted by Gasteiger charge is 2.28. The Kier molecular flexibility index (Phi) is 6.29. The second-order valence-electron chi connectivity index (χ2n) is 7.05. The molecule has 1 aromatic carbocycles. The van der Waals surface area contributed by atoms with Crippen LogP contribution in [0.25, 0.3) is 0 Å². The Morgan fingerprint density at radius 3 is 2.48 bits per heavy atom. The van der Waals surface area contributed by atoms with Crippen molar-refractivity contribution >= 4 is 0 Å². The molecule has 1 aromatic rings. The molecule has 1 heteroatoms. The Hall–Kier alpha value is -0.820. The zero-order valence-electron chi connectivity index (χ0n) is 14.4. The average Bonchev–Trinajstić information content (AvgIpc) is 2.50. The first kappa shape index (κ1) is 16.5. The van der Waals surface area contributed by atoms with Gasteiger partial charge in [0.15, 0.2) is 0 Å². The number of hydrogen-bond acceptors (Lipinski definition) is 1. The maximum Gasteiger partial charge on any atom is 0.0348 e. The molecule has 0 aliphatic heterocycles. The minimum atomic E-state index is 0.539. The van der Waals surface area contributed by atoms with Gasteiger partial charge in [-0.05, 0) is 56.7 Å². The SMILES string of the molecule is CCCCC1CCC(C(NC)c2cc(C)ccc2C)CC1. The Labute approximate surface area is 131 Å². The molecular formula is C20H33N. The molecule has 0 radical (unpaired) electrons. The van der Waals surface area contributed by atoms with Crippen LogP contribution < -0.4 is 5.32 Å². The van der Waals surface area contributed by atoms with E-state index in [0.29, 0.717) is 6.04 Å². The van der Waals surface area contributed by atoms with E-state index in [0.717, 1.165) is 11.8 Å². The quantitative estimate of drug-likeness (QED) is 0.722. The Bertz CT molecular complexity index is 429. The standard InChI is InChI=1S/C20H33N/c1-5-6-7-17-10-12-18(13-11-17)20(21-4)19-14-15(2)8-9-16(19)3/h8-9,14,17-18,20-21H,5-7,10-13H2,1-4H3. The van der Waals surface area contributed by atoms with Gasteiger partial charge >= 0.3 is 0 Å². The first-order valence-corrected chi connectivity index (χ1v) is 8.90. The number of hydrogen-bond donors (Lipinski definition) is 1. The fourth-order valence-corrected chi connectivity index (χ4v) is 4.04. The van der Waals surface area contributed by atoms with E-state index in [2.05, 4.69) is 51.3 Å². The smallest absolute Gasteiger partial charge is 0.0348 e. The largest absolute Gasteiger partial charge is 0.313 e. The Morgan fingerprint density at radius 1 is 1.14 bits per heavy atom. The van der Waals surface area contributed by atoms with Gasteiger partial charge in [0.2, 0.25) is 0 Å². The van der Waals surface area contributed by atoms with Gasteiger partial charge in [-0.25, -0.2) is 0 Å². The van der Waals surface area contributed by atoms with Crippen molar-refractivity contribution in [2.75, 3.05) is 7.05 Å². The van der Waals surface area contributed by atoms with Crippen molar-refractivity contribution in [1.82, 2.24) is 5.32 Å². The molecule has 0 spiro atoms. The van der Waals surface area contributed by atoms with E-state index in [-0.39, 0.29) is 0 Å². The number of aryl methyl sites for hydroxylation is 2. The third kappa shape index (κ3) is 4.32. The lowest BCUT2D eigenvalue weighted by atomic mass is 9.74. The molecule has 0 heterocycles. The van der Waals surface area contributed by atoms with Crippen LogP contribution >= 0.6 is 0 Å². The van der Waals surface area contributed by atoms with Crippen LogP contribution in [0.3, 0.4) is 0 Å². The summed E-state index contributed by atoms with van der Waals surface area (Å²) >= 11 is 0. The maximum atomic E-state index is 3.61.